The Hall–Kier alpha value is -6.19. The summed E-state index contributed by atoms with van der Waals surface area (Å²) < 4.78 is 8.12. The zero-order valence-corrected chi connectivity index (χ0v) is 35.7. The van der Waals surface area contributed by atoms with Crippen molar-refractivity contribution in [1.29, 1.82) is 0 Å². The van der Waals surface area contributed by atoms with Crippen molar-refractivity contribution in [2.45, 2.75) is 76.4 Å². The Morgan fingerprint density at radius 2 is 1.62 bits per heavy atom. The highest BCUT2D eigenvalue weighted by molar-refractivity contribution is 6.23. The van der Waals surface area contributed by atoms with Gasteiger partial charge in [-0.15, -0.1) is 0 Å². The second-order valence-electron chi connectivity index (χ2n) is 18.3. The molecule has 5 aliphatic rings. The van der Waals surface area contributed by atoms with Crippen LogP contribution in [0.3, 0.4) is 0 Å². The predicted octanol–water partition coefficient (Wildman–Crippen LogP) is 5.92. The first-order valence-electron chi connectivity index (χ1n) is 22.5. The molecular weight excluding hydrogens is 797 g/mol. The number of ether oxygens (including phenoxy) is 1. The number of likely N-dealkylation sites (tertiary alicyclic amines) is 2. The van der Waals surface area contributed by atoms with Crippen molar-refractivity contribution < 1.29 is 23.9 Å². The molecule has 4 aliphatic heterocycles. The number of nitrogens with two attached hydrogens (primary N) is 1. The van der Waals surface area contributed by atoms with Gasteiger partial charge in [-0.1, -0.05) is 31.5 Å². The Morgan fingerprint density at radius 3 is 2.33 bits per heavy atom. The highest BCUT2D eigenvalue weighted by Crippen LogP contribution is 2.46. The largest absolute Gasteiger partial charge is 0.457 e. The smallest absolute Gasteiger partial charge is 0.262 e. The minimum absolute atomic E-state index is 0.234. The maximum atomic E-state index is 13.4. The number of nitrogens with zero attached hydrogens (tertiary/aromatic N) is 8. The number of anilines is 2. The molecule has 63 heavy (non-hydrogen) atoms. The molecule has 1 spiro atoms. The Kier molecular flexibility index (Phi) is 10.9. The van der Waals surface area contributed by atoms with Crippen LogP contribution in [0.15, 0.2) is 79.1 Å². The van der Waals surface area contributed by atoms with Crippen LogP contribution in [0.4, 0.5) is 11.5 Å². The maximum absolute atomic E-state index is 13.4. The summed E-state index contributed by atoms with van der Waals surface area (Å²) in [6.45, 7) is 9.17. The molecule has 10 rings (SSSR count). The number of imide groups is 2. The van der Waals surface area contributed by atoms with Gasteiger partial charge in [0.15, 0.2) is 5.65 Å². The molecular formula is C48H54N10O5. The third-order valence-corrected chi connectivity index (χ3v) is 14.2. The lowest BCUT2D eigenvalue weighted by molar-refractivity contribution is -0.128. The van der Waals surface area contributed by atoms with E-state index < -0.39 is 23.8 Å². The number of nitrogens with one attached hydrogen (secondary N) is 1. The molecule has 15 heteroatoms. The van der Waals surface area contributed by atoms with Crippen molar-refractivity contribution in [2.75, 3.05) is 56.4 Å². The number of carbonyl (C=O) groups is 4. The van der Waals surface area contributed by atoms with Gasteiger partial charge < -0.3 is 25.2 Å². The molecule has 0 radical (unpaired) electrons. The standard InChI is InChI=1S/C48H54N10O5/c1-2-6-40(45(60)52-30-59)57-46(61)38-14-11-35(23-39(38)47(57)62)56-25-31(26-56)24-54-27-48(28-54)19-15-33(16-20-48)55-21-17-34(18-22-55)58-44-41(43(49)50-29-51-44)42(53-58)32-9-12-37(13-10-32)63-36-7-4-3-5-8-36/h3-5,7-14,23,29-31,33-34,40H,2,6,15-22,24-28H2,1H3,(H2,49,50,51)(H,52,59,60). The van der Waals surface area contributed by atoms with Crippen molar-refractivity contribution in [3.05, 3.63) is 90.3 Å². The number of benzene rings is 3. The van der Waals surface area contributed by atoms with Crippen molar-refractivity contribution in [3.8, 4) is 22.8 Å². The van der Waals surface area contributed by atoms with Crippen molar-refractivity contribution >= 4 is 46.7 Å². The van der Waals surface area contributed by atoms with Gasteiger partial charge in [-0.05, 0) is 105 Å². The Balaban J connectivity index is 0.690. The number of aromatic nitrogens is 4. The summed E-state index contributed by atoms with van der Waals surface area (Å²) in [7, 11) is 0. The van der Waals surface area contributed by atoms with Crippen LogP contribution in [-0.4, -0.2) is 116 Å². The first-order valence-corrected chi connectivity index (χ1v) is 22.5. The van der Waals surface area contributed by atoms with E-state index in [1.165, 1.54) is 45.1 Å². The zero-order chi connectivity index (χ0) is 43.2. The molecule has 2 aromatic heterocycles. The van der Waals surface area contributed by atoms with E-state index in [-0.39, 0.29) is 18.9 Å². The number of rotatable bonds is 13. The predicted molar refractivity (Wildman–Crippen MR) is 238 cm³/mol. The van der Waals surface area contributed by atoms with E-state index in [0.717, 1.165) is 89.9 Å². The molecule has 5 aromatic rings. The fraction of sp³-hybridized carbons (Fsp3) is 0.438. The Labute approximate surface area is 366 Å². The van der Waals surface area contributed by atoms with E-state index in [4.69, 9.17) is 15.6 Å². The van der Waals surface area contributed by atoms with Crippen LogP contribution in [0.1, 0.15) is 85.0 Å². The number of para-hydroxylation sites is 1. The summed E-state index contributed by atoms with van der Waals surface area (Å²) in [6, 6.07) is 22.9. The summed E-state index contributed by atoms with van der Waals surface area (Å²) in [5.74, 6) is 0.919. The molecule has 15 nitrogen and oxygen atoms in total. The summed E-state index contributed by atoms with van der Waals surface area (Å²) in [4.78, 5) is 67.8. The number of piperidine rings is 1. The zero-order valence-electron chi connectivity index (χ0n) is 35.7. The first-order chi connectivity index (χ1) is 30.7. The van der Waals surface area contributed by atoms with E-state index in [9.17, 15) is 19.2 Å². The highest BCUT2D eigenvalue weighted by atomic mass is 16.5. The third-order valence-electron chi connectivity index (χ3n) is 14.2. The molecule has 326 valence electrons. The van der Waals surface area contributed by atoms with Crippen molar-refractivity contribution in [2.24, 2.45) is 11.3 Å². The van der Waals surface area contributed by atoms with E-state index in [1.54, 1.807) is 12.1 Å². The molecule has 1 unspecified atom stereocenters. The van der Waals surface area contributed by atoms with Gasteiger partial charge in [0.25, 0.3) is 11.8 Å². The maximum Gasteiger partial charge on any atom is 0.262 e. The Bertz CT molecular complexity index is 2520. The van der Waals surface area contributed by atoms with E-state index >= 15 is 0 Å². The second-order valence-corrected chi connectivity index (χ2v) is 18.3. The molecule has 0 bridgehead atoms. The van der Waals surface area contributed by atoms with Crippen LogP contribution >= 0.6 is 0 Å². The number of hydrogen-bond acceptors (Lipinski definition) is 12. The fourth-order valence-electron chi connectivity index (χ4n) is 11.0. The SMILES string of the molecule is CCCC(C(=O)NC=O)N1C(=O)c2ccc(N3CC(CN4CC5(CCC(N6CCC(n7nc(-c8ccc(Oc9ccccc9)cc8)c8c(N)ncnc87)CC6)CC5)C4)C3)cc2C1=O. The lowest BCUT2D eigenvalue weighted by Gasteiger charge is -2.56. The van der Waals surface area contributed by atoms with Gasteiger partial charge in [0.05, 0.1) is 22.6 Å². The van der Waals surface area contributed by atoms with E-state index in [1.807, 2.05) is 67.6 Å². The van der Waals surface area contributed by atoms with Gasteiger partial charge in [0, 0.05) is 69.0 Å². The normalized spacial score (nSPS) is 20.1. The number of hydrogen-bond donors (Lipinski definition) is 2. The fourth-order valence-corrected chi connectivity index (χ4v) is 11.0. The monoisotopic (exact) mass is 850 g/mol. The molecule has 1 saturated carbocycles. The van der Waals surface area contributed by atoms with Crippen LogP contribution < -0.4 is 20.7 Å². The molecule has 6 heterocycles. The third kappa shape index (κ3) is 7.71. The number of amides is 4. The van der Waals surface area contributed by atoms with Gasteiger partial charge in [0.1, 0.15) is 35.4 Å². The van der Waals surface area contributed by atoms with Gasteiger partial charge in [-0.3, -0.25) is 29.4 Å². The van der Waals surface area contributed by atoms with Crippen LogP contribution in [0.2, 0.25) is 0 Å². The van der Waals surface area contributed by atoms with Gasteiger partial charge in [0.2, 0.25) is 12.3 Å². The van der Waals surface area contributed by atoms with Crippen LogP contribution in [0.5, 0.6) is 11.5 Å². The highest BCUT2D eigenvalue weighted by Gasteiger charge is 2.48. The average Bonchev–Trinajstić information content (AvgIpc) is 3.79. The first kappa shape index (κ1) is 40.9. The summed E-state index contributed by atoms with van der Waals surface area (Å²) in [5, 5.41) is 8.07. The minimum atomic E-state index is -1.02. The molecule has 1 aliphatic carbocycles. The summed E-state index contributed by atoms with van der Waals surface area (Å²) >= 11 is 0. The Morgan fingerprint density at radius 1 is 0.905 bits per heavy atom. The molecule has 4 fully saturated rings. The minimum Gasteiger partial charge on any atom is -0.457 e. The summed E-state index contributed by atoms with van der Waals surface area (Å²) in [6.07, 6.45) is 9.76. The van der Waals surface area contributed by atoms with Crippen LogP contribution in [0, 0.1) is 11.3 Å². The van der Waals surface area contributed by atoms with Gasteiger partial charge in [-0.25, -0.2) is 14.6 Å². The van der Waals surface area contributed by atoms with Crippen molar-refractivity contribution in [3.63, 3.8) is 0 Å². The second kappa shape index (κ2) is 16.8. The molecule has 4 amide bonds. The average molecular weight is 851 g/mol. The van der Waals surface area contributed by atoms with Gasteiger partial charge >= 0.3 is 0 Å². The topological polar surface area (TPSA) is 172 Å². The van der Waals surface area contributed by atoms with Crippen molar-refractivity contribution in [1.82, 2.24) is 39.8 Å². The lowest BCUT2D eigenvalue weighted by atomic mass is 9.67. The molecule has 3 aromatic carbocycles. The van der Waals surface area contributed by atoms with Gasteiger partial charge in [-0.2, -0.15) is 5.10 Å². The lowest BCUT2D eigenvalue weighted by Crippen LogP contribution is -2.62. The quantitative estimate of drug-likeness (QED) is 0.106. The number of nitrogen functional groups attached to an aromatic ring is 1. The number of carbonyl (C=O) groups excluding carboxylic acids is 4. The summed E-state index contributed by atoms with van der Waals surface area (Å²) in [5.41, 5.74) is 11.0. The van der Waals surface area contributed by atoms with Crippen LogP contribution in [-0.2, 0) is 9.59 Å². The molecule has 3 N–H and O–H groups in total. The molecule has 1 atom stereocenters. The van der Waals surface area contributed by atoms with E-state index in [2.05, 4.69) is 34.7 Å². The molecule has 3 saturated heterocycles. The van der Waals surface area contributed by atoms with Crippen LogP contribution in [0.25, 0.3) is 22.3 Å². The van der Waals surface area contributed by atoms with E-state index in [0.29, 0.717) is 40.7 Å². The number of fused-ring (bicyclic) bond motifs is 2.